The Balaban J connectivity index is 1.54. The highest BCUT2D eigenvalue weighted by atomic mass is 16.5. The molecule has 3 aliphatic rings. The standard InChI is InChI=1S/C19H24N2O3/c1-24-16-4-2-3-15(10-16)18(22)21-8-7-14-9-17(21)19(23)20(12-14)11-13-5-6-13/h2-4,10,13-14,17H,5-9,11-12H2,1H3/t14-,17+/m0/s1. The van der Waals surface area contributed by atoms with Crippen LogP contribution >= 0.6 is 0 Å². The molecule has 2 saturated heterocycles. The first kappa shape index (κ1) is 15.5. The lowest BCUT2D eigenvalue weighted by atomic mass is 9.85. The summed E-state index contributed by atoms with van der Waals surface area (Å²) in [7, 11) is 1.59. The summed E-state index contributed by atoms with van der Waals surface area (Å²) in [4.78, 5) is 29.6. The van der Waals surface area contributed by atoms with E-state index in [1.165, 1.54) is 12.8 Å². The Morgan fingerprint density at radius 3 is 2.88 bits per heavy atom. The number of hydrogen-bond donors (Lipinski definition) is 0. The first-order valence-electron chi connectivity index (χ1n) is 8.89. The van der Waals surface area contributed by atoms with Crippen LogP contribution in [0.2, 0.25) is 0 Å². The second-order valence-corrected chi connectivity index (χ2v) is 7.32. The molecule has 1 aliphatic carbocycles. The Labute approximate surface area is 142 Å². The molecule has 2 aliphatic heterocycles. The Kier molecular flexibility index (Phi) is 3.94. The molecule has 0 spiro atoms. The topological polar surface area (TPSA) is 49.9 Å². The number of likely N-dealkylation sites (tertiary alicyclic amines) is 2. The van der Waals surface area contributed by atoms with Crippen LogP contribution in [0.4, 0.5) is 0 Å². The van der Waals surface area contributed by atoms with Crippen molar-refractivity contribution in [2.75, 3.05) is 26.7 Å². The van der Waals surface area contributed by atoms with Gasteiger partial charge in [0.1, 0.15) is 11.8 Å². The number of carbonyl (C=O) groups excluding carboxylic acids is 2. The SMILES string of the molecule is COc1cccc(C(=O)N2CC[C@H]3C[C@@H]2C(=O)N(CC2CC2)C3)c1. The molecule has 5 heteroatoms. The van der Waals surface area contributed by atoms with Crippen LogP contribution in [0.25, 0.3) is 0 Å². The number of benzene rings is 1. The summed E-state index contributed by atoms with van der Waals surface area (Å²) in [6.07, 6.45) is 4.29. The molecule has 1 saturated carbocycles. The van der Waals surface area contributed by atoms with Gasteiger partial charge in [-0.3, -0.25) is 9.59 Å². The summed E-state index contributed by atoms with van der Waals surface area (Å²) < 4.78 is 5.22. The van der Waals surface area contributed by atoms with E-state index in [0.29, 0.717) is 29.7 Å². The van der Waals surface area contributed by atoms with Crippen molar-refractivity contribution in [1.29, 1.82) is 0 Å². The van der Waals surface area contributed by atoms with E-state index in [1.54, 1.807) is 24.1 Å². The lowest BCUT2D eigenvalue weighted by molar-refractivity contribution is -0.144. The van der Waals surface area contributed by atoms with Gasteiger partial charge in [0.05, 0.1) is 7.11 Å². The van der Waals surface area contributed by atoms with Gasteiger partial charge in [0.15, 0.2) is 0 Å². The maximum absolute atomic E-state index is 13.0. The van der Waals surface area contributed by atoms with Gasteiger partial charge < -0.3 is 14.5 Å². The Hall–Kier alpha value is -2.04. The lowest BCUT2D eigenvalue weighted by Gasteiger charge is -2.46. The van der Waals surface area contributed by atoms with Crippen LogP contribution in [0, 0.1) is 11.8 Å². The average molecular weight is 328 g/mol. The molecule has 2 bridgehead atoms. The number of hydrogen-bond acceptors (Lipinski definition) is 3. The molecule has 1 aromatic rings. The molecule has 5 nitrogen and oxygen atoms in total. The summed E-state index contributed by atoms with van der Waals surface area (Å²) in [6, 6.07) is 6.91. The number of ether oxygens (including phenoxy) is 1. The minimum absolute atomic E-state index is 0.0565. The van der Waals surface area contributed by atoms with Gasteiger partial charge in [0, 0.05) is 25.2 Å². The van der Waals surface area contributed by atoms with E-state index < -0.39 is 0 Å². The summed E-state index contributed by atoms with van der Waals surface area (Å²) >= 11 is 0. The number of amides is 2. The van der Waals surface area contributed by atoms with E-state index in [-0.39, 0.29) is 17.9 Å². The fourth-order valence-corrected chi connectivity index (χ4v) is 3.99. The van der Waals surface area contributed by atoms with Gasteiger partial charge in [0.2, 0.25) is 5.91 Å². The lowest BCUT2D eigenvalue weighted by Crippen LogP contribution is -2.60. The predicted molar refractivity (Wildman–Crippen MR) is 89.8 cm³/mol. The quantitative estimate of drug-likeness (QED) is 0.851. The number of piperidine rings is 2. The van der Waals surface area contributed by atoms with E-state index in [4.69, 9.17) is 4.74 Å². The maximum atomic E-state index is 13.0. The van der Waals surface area contributed by atoms with Gasteiger partial charge in [-0.05, 0) is 55.7 Å². The molecule has 0 N–H and O–H groups in total. The van der Waals surface area contributed by atoms with Crippen LogP contribution in [0.3, 0.4) is 0 Å². The highest BCUT2D eigenvalue weighted by molar-refractivity contribution is 5.98. The second-order valence-electron chi connectivity index (χ2n) is 7.32. The van der Waals surface area contributed by atoms with Crippen molar-refractivity contribution in [3.63, 3.8) is 0 Å². The fourth-order valence-electron chi connectivity index (χ4n) is 3.99. The van der Waals surface area contributed by atoms with Crippen LogP contribution in [-0.2, 0) is 4.79 Å². The van der Waals surface area contributed by atoms with Gasteiger partial charge >= 0.3 is 0 Å². The number of rotatable bonds is 4. The van der Waals surface area contributed by atoms with Crippen LogP contribution in [0.15, 0.2) is 24.3 Å². The maximum Gasteiger partial charge on any atom is 0.254 e. The molecular weight excluding hydrogens is 304 g/mol. The molecule has 0 radical (unpaired) electrons. The highest BCUT2D eigenvalue weighted by Crippen LogP contribution is 2.35. The normalized spacial score (nSPS) is 26.5. The number of nitrogens with zero attached hydrogens (tertiary/aromatic N) is 2. The third-order valence-electron chi connectivity index (χ3n) is 5.54. The van der Waals surface area contributed by atoms with E-state index >= 15 is 0 Å². The smallest absolute Gasteiger partial charge is 0.254 e. The minimum Gasteiger partial charge on any atom is -0.497 e. The second kappa shape index (κ2) is 6.11. The van der Waals surface area contributed by atoms with Gasteiger partial charge in [-0.15, -0.1) is 0 Å². The van der Waals surface area contributed by atoms with E-state index in [0.717, 1.165) is 25.9 Å². The first-order chi connectivity index (χ1) is 11.7. The minimum atomic E-state index is -0.282. The monoisotopic (exact) mass is 328 g/mol. The molecule has 1 aromatic carbocycles. The van der Waals surface area contributed by atoms with Crippen molar-refractivity contribution < 1.29 is 14.3 Å². The zero-order valence-electron chi connectivity index (χ0n) is 14.1. The number of methoxy groups -OCH3 is 1. The van der Waals surface area contributed by atoms with Crippen LogP contribution < -0.4 is 4.74 Å². The molecular formula is C19H24N2O3. The third kappa shape index (κ3) is 2.87. The van der Waals surface area contributed by atoms with E-state index in [1.807, 2.05) is 17.0 Å². The van der Waals surface area contributed by atoms with Gasteiger partial charge in [0.25, 0.3) is 5.91 Å². The zero-order valence-corrected chi connectivity index (χ0v) is 14.1. The van der Waals surface area contributed by atoms with Crippen LogP contribution in [0.5, 0.6) is 5.75 Å². The van der Waals surface area contributed by atoms with Crippen molar-refractivity contribution >= 4 is 11.8 Å². The Morgan fingerprint density at radius 1 is 1.29 bits per heavy atom. The molecule has 2 heterocycles. The predicted octanol–water partition coefficient (Wildman–Crippen LogP) is 2.17. The van der Waals surface area contributed by atoms with Crippen LogP contribution in [0.1, 0.15) is 36.0 Å². The number of fused-ring (bicyclic) bond motifs is 2. The van der Waals surface area contributed by atoms with Crippen molar-refractivity contribution in [3.05, 3.63) is 29.8 Å². The summed E-state index contributed by atoms with van der Waals surface area (Å²) in [5.41, 5.74) is 0.597. The van der Waals surface area contributed by atoms with Crippen molar-refractivity contribution in [1.82, 2.24) is 9.80 Å². The highest BCUT2D eigenvalue weighted by Gasteiger charge is 2.44. The van der Waals surface area contributed by atoms with E-state index in [9.17, 15) is 9.59 Å². The van der Waals surface area contributed by atoms with Gasteiger partial charge in [-0.2, -0.15) is 0 Å². The molecule has 0 unspecified atom stereocenters. The number of carbonyl (C=O) groups is 2. The fraction of sp³-hybridized carbons (Fsp3) is 0.579. The zero-order chi connectivity index (χ0) is 16.7. The van der Waals surface area contributed by atoms with Crippen LogP contribution in [-0.4, -0.2) is 54.4 Å². The molecule has 2 atom stereocenters. The molecule has 24 heavy (non-hydrogen) atoms. The summed E-state index contributed by atoms with van der Waals surface area (Å²) in [5, 5.41) is 0. The molecule has 3 fully saturated rings. The first-order valence-corrected chi connectivity index (χ1v) is 8.89. The molecule has 4 rings (SSSR count). The molecule has 2 amide bonds. The van der Waals surface area contributed by atoms with Crippen molar-refractivity contribution in [2.24, 2.45) is 11.8 Å². The van der Waals surface area contributed by atoms with Crippen molar-refractivity contribution in [2.45, 2.75) is 31.7 Å². The van der Waals surface area contributed by atoms with Crippen molar-refractivity contribution in [3.8, 4) is 5.75 Å². The molecule has 0 aromatic heterocycles. The Morgan fingerprint density at radius 2 is 2.12 bits per heavy atom. The third-order valence-corrected chi connectivity index (χ3v) is 5.54. The van der Waals surface area contributed by atoms with Gasteiger partial charge in [-0.1, -0.05) is 6.07 Å². The average Bonchev–Trinajstić information content (AvgIpc) is 3.43. The summed E-state index contributed by atoms with van der Waals surface area (Å²) in [5.74, 6) is 1.99. The Bertz CT molecular complexity index is 656. The van der Waals surface area contributed by atoms with E-state index in [2.05, 4.69) is 0 Å². The van der Waals surface area contributed by atoms with Gasteiger partial charge in [-0.25, -0.2) is 0 Å². The largest absolute Gasteiger partial charge is 0.497 e. The molecule has 128 valence electrons. The summed E-state index contributed by atoms with van der Waals surface area (Å²) in [6.45, 7) is 2.44.